The largest absolute Gasteiger partial charge is 0.484 e. The zero-order valence-electron chi connectivity index (χ0n) is 14.9. The van der Waals surface area contributed by atoms with Gasteiger partial charge in [-0.15, -0.1) is 0 Å². The van der Waals surface area contributed by atoms with Crippen molar-refractivity contribution >= 4 is 11.9 Å². The van der Waals surface area contributed by atoms with Gasteiger partial charge in [-0.05, 0) is 55.5 Å². The van der Waals surface area contributed by atoms with Gasteiger partial charge >= 0.3 is 5.97 Å². The molecule has 1 atom stereocenters. The lowest BCUT2D eigenvalue weighted by Gasteiger charge is -2.26. The van der Waals surface area contributed by atoms with Gasteiger partial charge in [0.15, 0.2) is 6.61 Å². The zero-order valence-corrected chi connectivity index (χ0v) is 14.9. The fraction of sp³-hybridized carbons (Fsp3) is 0.333. The van der Waals surface area contributed by atoms with Gasteiger partial charge in [0.2, 0.25) is 0 Å². The number of carbonyl (C=O) groups is 2. The second-order valence-electron chi connectivity index (χ2n) is 6.25. The third kappa shape index (κ3) is 4.42. The summed E-state index contributed by atoms with van der Waals surface area (Å²) in [5, 5.41) is 3.05. The van der Waals surface area contributed by atoms with E-state index in [9.17, 15) is 9.59 Å². The number of benzene rings is 2. The first-order chi connectivity index (χ1) is 12.7. The number of carbonyl (C=O) groups excluding carboxylic acids is 2. The molecule has 1 aliphatic carbocycles. The van der Waals surface area contributed by atoms with Crippen molar-refractivity contribution in [3.63, 3.8) is 0 Å². The number of esters is 1. The number of hydrogen-bond acceptors (Lipinski definition) is 4. The molecule has 0 saturated carbocycles. The lowest BCUT2D eigenvalue weighted by atomic mass is 9.88. The van der Waals surface area contributed by atoms with E-state index in [4.69, 9.17) is 9.47 Å². The van der Waals surface area contributed by atoms with Crippen LogP contribution in [0.4, 0.5) is 0 Å². The highest BCUT2D eigenvalue weighted by Crippen LogP contribution is 2.29. The zero-order chi connectivity index (χ0) is 18.4. The van der Waals surface area contributed by atoms with Crippen molar-refractivity contribution in [2.45, 2.75) is 32.2 Å². The molecule has 136 valence electrons. The molecule has 0 fully saturated rings. The Hall–Kier alpha value is -2.82. The first kappa shape index (κ1) is 18.0. The lowest BCUT2D eigenvalue weighted by molar-refractivity contribution is -0.123. The van der Waals surface area contributed by atoms with Gasteiger partial charge in [0.25, 0.3) is 5.91 Å². The normalized spacial score (nSPS) is 15.7. The van der Waals surface area contributed by atoms with E-state index in [2.05, 4.69) is 17.4 Å². The maximum absolute atomic E-state index is 12.3. The van der Waals surface area contributed by atoms with E-state index in [0.29, 0.717) is 17.9 Å². The highest BCUT2D eigenvalue weighted by molar-refractivity contribution is 5.89. The van der Waals surface area contributed by atoms with Gasteiger partial charge in [0.05, 0.1) is 18.2 Å². The second kappa shape index (κ2) is 8.52. The highest BCUT2D eigenvalue weighted by Gasteiger charge is 2.21. The third-order valence-electron chi connectivity index (χ3n) is 4.42. The lowest BCUT2D eigenvalue weighted by Crippen LogP contribution is -2.34. The minimum Gasteiger partial charge on any atom is -0.484 e. The van der Waals surface area contributed by atoms with Crippen LogP contribution < -0.4 is 10.1 Å². The predicted octanol–water partition coefficient (Wildman–Crippen LogP) is 3.44. The molecule has 1 amide bonds. The Kier molecular flexibility index (Phi) is 5.89. The van der Waals surface area contributed by atoms with Crippen LogP contribution in [0.1, 0.15) is 47.3 Å². The van der Waals surface area contributed by atoms with Gasteiger partial charge in [-0.25, -0.2) is 4.79 Å². The van der Waals surface area contributed by atoms with Crippen LogP contribution >= 0.6 is 0 Å². The molecule has 0 spiro atoms. The summed E-state index contributed by atoms with van der Waals surface area (Å²) >= 11 is 0. The molecule has 0 heterocycles. The van der Waals surface area contributed by atoms with Crippen LogP contribution in [0.2, 0.25) is 0 Å². The molecule has 0 aliphatic heterocycles. The van der Waals surface area contributed by atoms with Crippen molar-refractivity contribution in [1.82, 2.24) is 5.32 Å². The van der Waals surface area contributed by atoms with Gasteiger partial charge in [0, 0.05) is 0 Å². The summed E-state index contributed by atoms with van der Waals surface area (Å²) in [6.07, 6.45) is 3.05. The molecule has 5 heteroatoms. The highest BCUT2D eigenvalue weighted by atomic mass is 16.5. The molecule has 0 bridgehead atoms. The van der Waals surface area contributed by atoms with Crippen LogP contribution in [0, 0.1) is 0 Å². The Balaban J connectivity index is 1.57. The van der Waals surface area contributed by atoms with Crippen molar-refractivity contribution < 1.29 is 19.1 Å². The molecule has 3 rings (SSSR count). The Morgan fingerprint density at radius 2 is 2.00 bits per heavy atom. The number of rotatable bonds is 6. The Morgan fingerprint density at radius 3 is 2.85 bits per heavy atom. The van der Waals surface area contributed by atoms with Crippen LogP contribution in [0.3, 0.4) is 0 Å². The number of hydrogen-bond donors (Lipinski definition) is 1. The topological polar surface area (TPSA) is 64.6 Å². The summed E-state index contributed by atoms with van der Waals surface area (Å²) in [6, 6.07) is 14.9. The van der Waals surface area contributed by atoms with Crippen LogP contribution in [-0.2, 0) is 16.0 Å². The third-order valence-corrected chi connectivity index (χ3v) is 4.42. The predicted molar refractivity (Wildman–Crippen MR) is 98.2 cm³/mol. The smallest absolute Gasteiger partial charge is 0.338 e. The van der Waals surface area contributed by atoms with Gasteiger partial charge in [-0.3, -0.25) is 4.79 Å². The van der Waals surface area contributed by atoms with E-state index in [0.717, 1.165) is 19.3 Å². The van der Waals surface area contributed by atoms with Crippen LogP contribution in [0.25, 0.3) is 0 Å². The van der Waals surface area contributed by atoms with Gasteiger partial charge in [-0.2, -0.15) is 0 Å². The maximum Gasteiger partial charge on any atom is 0.338 e. The molecule has 2 aromatic rings. The fourth-order valence-electron chi connectivity index (χ4n) is 3.22. The quantitative estimate of drug-likeness (QED) is 0.808. The number of aryl methyl sites for hydroxylation is 1. The van der Waals surface area contributed by atoms with Crippen molar-refractivity contribution in [2.24, 2.45) is 0 Å². The minimum absolute atomic E-state index is 0.0296. The molecular formula is C21H23NO4. The molecular weight excluding hydrogens is 330 g/mol. The average Bonchev–Trinajstić information content (AvgIpc) is 2.67. The molecule has 1 aliphatic rings. The summed E-state index contributed by atoms with van der Waals surface area (Å²) in [4.78, 5) is 24.0. The molecule has 0 radical (unpaired) electrons. The molecule has 1 N–H and O–H groups in total. The minimum atomic E-state index is -0.402. The molecule has 0 aromatic heterocycles. The van der Waals surface area contributed by atoms with E-state index in [1.807, 2.05) is 12.1 Å². The van der Waals surface area contributed by atoms with Crippen molar-refractivity contribution in [2.75, 3.05) is 13.2 Å². The van der Waals surface area contributed by atoms with Crippen LogP contribution in [-0.4, -0.2) is 25.1 Å². The first-order valence-corrected chi connectivity index (χ1v) is 8.94. The molecule has 26 heavy (non-hydrogen) atoms. The van der Waals surface area contributed by atoms with Crippen molar-refractivity contribution in [3.05, 3.63) is 65.2 Å². The molecule has 2 aromatic carbocycles. The van der Waals surface area contributed by atoms with E-state index < -0.39 is 5.97 Å². The van der Waals surface area contributed by atoms with Gasteiger partial charge in [-0.1, -0.05) is 30.3 Å². The van der Waals surface area contributed by atoms with Crippen molar-refractivity contribution in [3.8, 4) is 5.75 Å². The molecule has 0 unspecified atom stereocenters. The summed E-state index contributed by atoms with van der Waals surface area (Å²) in [6.45, 7) is 1.98. The second-order valence-corrected chi connectivity index (χ2v) is 6.25. The average molecular weight is 353 g/mol. The first-order valence-electron chi connectivity index (χ1n) is 8.94. The Morgan fingerprint density at radius 1 is 1.15 bits per heavy atom. The summed E-state index contributed by atoms with van der Waals surface area (Å²) in [5.41, 5.74) is 2.90. The summed E-state index contributed by atoms with van der Waals surface area (Å²) in [5.74, 6) is -0.107. The Bertz CT molecular complexity index is 787. The van der Waals surface area contributed by atoms with E-state index >= 15 is 0 Å². The van der Waals surface area contributed by atoms with Crippen LogP contribution in [0.15, 0.2) is 48.5 Å². The summed E-state index contributed by atoms with van der Waals surface area (Å²) in [7, 11) is 0. The van der Waals surface area contributed by atoms with E-state index in [-0.39, 0.29) is 18.6 Å². The number of fused-ring (bicyclic) bond motifs is 1. The van der Waals surface area contributed by atoms with E-state index in [1.165, 1.54) is 11.1 Å². The summed E-state index contributed by atoms with van der Waals surface area (Å²) < 4.78 is 10.5. The van der Waals surface area contributed by atoms with Gasteiger partial charge in [0.1, 0.15) is 5.75 Å². The monoisotopic (exact) mass is 353 g/mol. The maximum atomic E-state index is 12.3. The van der Waals surface area contributed by atoms with Crippen molar-refractivity contribution in [1.29, 1.82) is 0 Å². The van der Waals surface area contributed by atoms with Gasteiger partial charge < -0.3 is 14.8 Å². The Labute approximate surface area is 153 Å². The van der Waals surface area contributed by atoms with Crippen LogP contribution in [0.5, 0.6) is 5.75 Å². The SMILES string of the molecule is CCOC(=O)c1cccc(OCC(=O)N[C@H]2CCCc3ccccc32)c1. The van der Waals surface area contributed by atoms with E-state index in [1.54, 1.807) is 31.2 Å². The fourth-order valence-corrected chi connectivity index (χ4v) is 3.22. The number of ether oxygens (including phenoxy) is 2. The standard InChI is InChI=1S/C21H23NO4/c1-2-25-21(24)16-9-5-10-17(13-16)26-14-20(23)22-19-12-6-8-15-7-3-4-11-18(15)19/h3-5,7,9-11,13,19H,2,6,8,12,14H2,1H3,(H,22,23)/t19-/m0/s1. The number of amides is 1. The molecule has 5 nitrogen and oxygen atoms in total. The molecule has 0 saturated heterocycles. The number of nitrogens with one attached hydrogen (secondary N) is 1.